The van der Waals surface area contributed by atoms with Gasteiger partial charge in [-0.2, -0.15) is 5.10 Å². The molecular formula is C13H17FN4O. The Labute approximate surface area is 110 Å². The fraction of sp³-hybridized carbons (Fsp3) is 0.385. The molecule has 0 bridgehead atoms. The van der Waals surface area contributed by atoms with E-state index in [1.165, 1.54) is 16.7 Å². The molecule has 0 saturated heterocycles. The second-order valence-electron chi connectivity index (χ2n) is 4.54. The number of aromatic nitrogens is 3. The van der Waals surface area contributed by atoms with Gasteiger partial charge in [0.1, 0.15) is 5.82 Å². The van der Waals surface area contributed by atoms with Crippen molar-refractivity contribution < 1.29 is 4.39 Å². The monoisotopic (exact) mass is 264 g/mol. The first-order valence-electron chi connectivity index (χ1n) is 6.14. The van der Waals surface area contributed by atoms with Gasteiger partial charge in [-0.3, -0.25) is 4.90 Å². The average Bonchev–Trinajstić information content (AvgIpc) is 2.73. The molecule has 2 aromatic rings. The Bertz CT molecular complexity index is 632. The quantitative estimate of drug-likeness (QED) is 0.909. The van der Waals surface area contributed by atoms with Crippen molar-refractivity contribution in [2.45, 2.75) is 20.4 Å². The Morgan fingerprint density at radius 2 is 2.21 bits per heavy atom. The maximum Gasteiger partial charge on any atom is 0.347 e. The lowest BCUT2D eigenvalue weighted by molar-refractivity contribution is 0.333. The third-order valence-corrected chi connectivity index (χ3v) is 3.11. The summed E-state index contributed by atoms with van der Waals surface area (Å²) in [7, 11) is 1.93. The van der Waals surface area contributed by atoms with Crippen molar-refractivity contribution in [3.05, 3.63) is 45.9 Å². The van der Waals surface area contributed by atoms with Gasteiger partial charge in [0.2, 0.25) is 0 Å². The summed E-state index contributed by atoms with van der Waals surface area (Å²) in [6, 6.07) is 4.38. The molecule has 1 aromatic heterocycles. The predicted molar refractivity (Wildman–Crippen MR) is 70.9 cm³/mol. The van der Waals surface area contributed by atoms with Crippen LogP contribution in [0.5, 0.6) is 0 Å². The van der Waals surface area contributed by atoms with Crippen molar-refractivity contribution in [2.24, 2.45) is 0 Å². The minimum atomic E-state index is -0.372. The van der Waals surface area contributed by atoms with Gasteiger partial charge < -0.3 is 0 Å². The number of nitrogens with one attached hydrogen (secondary N) is 1. The molecule has 102 valence electrons. The molecule has 0 fully saturated rings. The van der Waals surface area contributed by atoms with Crippen LogP contribution in [-0.2, 0) is 6.54 Å². The summed E-state index contributed by atoms with van der Waals surface area (Å²) >= 11 is 0. The van der Waals surface area contributed by atoms with Crippen LogP contribution in [-0.4, -0.2) is 33.3 Å². The Kier molecular flexibility index (Phi) is 3.80. The van der Waals surface area contributed by atoms with E-state index in [1.807, 2.05) is 25.8 Å². The van der Waals surface area contributed by atoms with Crippen LogP contribution in [0, 0.1) is 12.7 Å². The van der Waals surface area contributed by atoms with Crippen molar-refractivity contribution in [3.63, 3.8) is 0 Å². The van der Waals surface area contributed by atoms with E-state index in [0.29, 0.717) is 18.1 Å². The summed E-state index contributed by atoms with van der Waals surface area (Å²) in [5.74, 6) is 0.201. The van der Waals surface area contributed by atoms with E-state index in [1.54, 1.807) is 6.07 Å². The summed E-state index contributed by atoms with van der Waals surface area (Å²) < 4.78 is 14.8. The number of benzene rings is 1. The van der Waals surface area contributed by atoms with E-state index in [-0.39, 0.29) is 11.5 Å². The largest absolute Gasteiger partial charge is 0.347 e. The second-order valence-corrected chi connectivity index (χ2v) is 4.54. The lowest BCUT2D eigenvalue weighted by Gasteiger charge is -2.14. The van der Waals surface area contributed by atoms with Crippen LogP contribution in [0.25, 0.3) is 5.69 Å². The minimum Gasteiger partial charge on any atom is -0.299 e. The number of halogens is 1. The molecule has 2 rings (SSSR count). The Hall–Kier alpha value is -1.95. The van der Waals surface area contributed by atoms with Crippen molar-refractivity contribution in [2.75, 3.05) is 13.6 Å². The van der Waals surface area contributed by atoms with Gasteiger partial charge in [0, 0.05) is 0 Å². The predicted octanol–water partition coefficient (Wildman–Crippen LogP) is 1.46. The second kappa shape index (κ2) is 5.36. The number of aromatic amines is 1. The number of rotatable bonds is 4. The molecule has 0 spiro atoms. The third-order valence-electron chi connectivity index (χ3n) is 3.11. The lowest BCUT2D eigenvalue weighted by Crippen LogP contribution is -2.23. The molecule has 0 amide bonds. The standard InChI is InChI=1S/C13H17FN4O/c1-4-17(3)8-12-15-16-13(19)18(12)11-7-10(14)6-5-9(11)2/h5-7H,4,8H2,1-3H3,(H,16,19). The molecule has 0 aliphatic carbocycles. The summed E-state index contributed by atoms with van der Waals surface area (Å²) in [6.45, 7) is 5.21. The van der Waals surface area contributed by atoms with Crippen LogP contribution in [0.4, 0.5) is 4.39 Å². The molecule has 6 heteroatoms. The van der Waals surface area contributed by atoms with Crippen molar-refractivity contribution in [1.29, 1.82) is 0 Å². The summed E-state index contributed by atoms with van der Waals surface area (Å²) in [5, 5.41) is 6.43. The van der Waals surface area contributed by atoms with Crippen molar-refractivity contribution in [3.8, 4) is 5.69 Å². The van der Waals surface area contributed by atoms with Crippen LogP contribution in [0.1, 0.15) is 18.3 Å². The number of H-pyrrole nitrogens is 1. The zero-order valence-electron chi connectivity index (χ0n) is 11.3. The number of hydrogen-bond acceptors (Lipinski definition) is 3. The van der Waals surface area contributed by atoms with Crippen LogP contribution >= 0.6 is 0 Å². The maximum atomic E-state index is 13.4. The molecule has 1 aromatic carbocycles. The number of aryl methyl sites for hydroxylation is 1. The highest BCUT2D eigenvalue weighted by molar-refractivity contribution is 5.41. The fourth-order valence-corrected chi connectivity index (χ4v) is 1.86. The molecule has 0 saturated carbocycles. The first-order chi connectivity index (χ1) is 9.02. The summed E-state index contributed by atoms with van der Waals surface area (Å²) in [5.41, 5.74) is 0.997. The molecule has 1 N–H and O–H groups in total. The topological polar surface area (TPSA) is 53.9 Å². The number of nitrogens with zero attached hydrogens (tertiary/aromatic N) is 3. The molecule has 0 atom stereocenters. The van der Waals surface area contributed by atoms with Gasteiger partial charge in [-0.25, -0.2) is 18.9 Å². The van der Waals surface area contributed by atoms with E-state index < -0.39 is 0 Å². The minimum absolute atomic E-state index is 0.354. The molecule has 0 aliphatic heterocycles. The normalized spacial score (nSPS) is 11.2. The SMILES string of the molecule is CCN(C)Cc1n[nH]c(=O)n1-c1cc(F)ccc1C. The first kappa shape index (κ1) is 13.5. The fourth-order valence-electron chi connectivity index (χ4n) is 1.86. The van der Waals surface area contributed by atoms with Crippen LogP contribution < -0.4 is 5.69 Å². The van der Waals surface area contributed by atoms with Gasteiger partial charge in [-0.05, 0) is 38.2 Å². The zero-order chi connectivity index (χ0) is 14.0. The Morgan fingerprint density at radius 1 is 1.47 bits per heavy atom. The molecule has 5 nitrogen and oxygen atoms in total. The zero-order valence-corrected chi connectivity index (χ0v) is 11.3. The summed E-state index contributed by atoms with van der Waals surface area (Å²) in [4.78, 5) is 13.9. The highest BCUT2D eigenvalue weighted by Crippen LogP contribution is 2.15. The molecule has 19 heavy (non-hydrogen) atoms. The molecule has 1 heterocycles. The van der Waals surface area contributed by atoms with Crippen LogP contribution in [0.15, 0.2) is 23.0 Å². The van der Waals surface area contributed by atoms with E-state index >= 15 is 0 Å². The van der Waals surface area contributed by atoms with Crippen molar-refractivity contribution in [1.82, 2.24) is 19.7 Å². The van der Waals surface area contributed by atoms with E-state index in [4.69, 9.17) is 0 Å². The Balaban J connectivity index is 2.52. The lowest BCUT2D eigenvalue weighted by atomic mass is 10.2. The molecular weight excluding hydrogens is 247 g/mol. The van der Waals surface area contributed by atoms with Gasteiger partial charge in [0.25, 0.3) is 0 Å². The Morgan fingerprint density at radius 3 is 2.89 bits per heavy atom. The van der Waals surface area contributed by atoms with Gasteiger partial charge in [-0.1, -0.05) is 13.0 Å². The van der Waals surface area contributed by atoms with Crippen LogP contribution in [0.3, 0.4) is 0 Å². The van der Waals surface area contributed by atoms with Gasteiger partial charge in [0.15, 0.2) is 5.82 Å². The highest BCUT2D eigenvalue weighted by atomic mass is 19.1. The number of hydrogen-bond donors (Lipinski definition) is 1. The van der Waals surface area contributed by atoms with E-state index in [9.17, 15) is 9.18 Å². The van der Waals surface area contributed by atoms with Gasteiger partial charge >= 0.3 is 5.69 Å². The van der Waals surface area contributed by atoms with Gasteiger partial charge in [0.05, 0.1) is 12.2 Å². The first-order valence-corrected chi connectivity index (χ1v) is 6.14. The smallest absolute Gasteiger partial charge is 0.299 e. The highest BCUT2D eigenvalue weighted by Gasteiger charge is 2.14. The van der Waals surface area contributed by atoms with Gasteiger partial charge in [-0.15, -0.1) is 0 Å². The molecule has 0 aliphatic rings. The van der Waals surface area contributed by atoms with Crippen LogP contribution in [0.2, 0.25) is 0 Å². The van der Waals surface area contributed by atoms with Crippen molar-refractivity contribution >= 4 is 0 Å². The molecule has 0 radical (unpaired) electrons. The summed E-state index contributed by atoms with van der Waals surface area (Å²) in [6.07, 6.45) is 0. The van der Waals surface area contributed by atoms with E-state index in [2.05, 4.69) is 10.2 Å². The third kappa shape index (κ3) is 2.73. The molecule has 0 unspecified atom stereocenters. The average molecular weight is 264 g/mol. The maximum absolute atomic E-state index is 13.4. The van der Waals surface area contributed by atoms with E-state index in [0.717, 1.165) is 12.1 Å².